The zero-order chi connectivity index (χ0) is 97.9. The second kappa shape index (κ2) is 50.0. The quantitative estimate of drug-likeness (QED) is 0.0214. The molecule has 12 aromatic rings. The first-order valence-electron chi connectivity index (χ1n) is 51.2. The third-order valence-corrected chi connectivity index (χ3v) is 28.9. The lowest BCUT2D eigenvalue weighted by atomic mass is 9.79. The summed E-state index contributed by atoms with van der Waals surface area (Å²) < 4.78 is 36.4. The van der Waals surface area contributed by atoms with Crippen LogP contribution >= 0.6 is 0 Å². The highest BCUT2D eigenvalue weighted by Gasteiger charge is 2.63. The molecule has 0 bridgehead atoms. The van der Waals surface area contributed by atoms with E-state index in [9.17, 15) is 40.2 Å². The fourth-order valence-electron chi connectivity index (χ4n) is 21.6. The highest BCUT2D eigenvalue weighted by atomic mass is 16.6. The lowest BCUT2D eigenvalue weighted by Crippen LogP contribution is -2.42. The van der Waals surface area contributed by atoms with Gasteiger partial charge in [-0.1, -0.05) is 288 Å². The van der Waals surface area contributed by atoms with Crippen molar-refractivity contribution in [2.75, 3.05) is 38.0 Å². The molecule has 2 aliphatic carbocycles. The first kappa shape index (κ1) is 103. The second-order valence-electron chi connectivity index (χ2n) is 38.4. The molecule has 0 spiro atoms. The predicted octanol–water partition coefficient (Wildman–Crippen LogP) is 22.5. The van der Waals surface area contributed by atoms with Crippen molar-refractivity contribution in [2.45, 2.75) is 279 Å². The average Bonchev–Trinajstić information content (AvgIpc) is 1.55. The summed E-state index contributed by atoms with van der Waals surface area (Å²) in [7, 11) is 0. The van der Waals surface area contributed by atoms with Gasteiger partial charge in [-0.05, 0) is 175 Å². The van der Waals surface area contributed by atoms with Crippen LogP contribution in [-0.4, -0.2) is 130 Å². The molecule has 6 aromatic carbocycles. The molecule has 6 aromatic heterocycles. The minimum atomic E-state index is -1.57. The van der Waals surface area contributed by atoms with Crippen molar-refractivity contribution in [3.8, 4) is 0 Å². The summed E-state index contributed by atoms with van der Waals surface area (Å²) in [6.45, 7) is 16.0. The van der Waals surface area contributed by atoms with Crippen LogP contribution in [0.4, 0.5) is 5.69 Å². The van der Waals surface area contributed by atoms with E-state index in [0.29, 0.717) is 74.4 Å². The van der Waals surface area contributed by atoms with Crippen molar-refractivity contribution in [3.63, 3.8) is 0 Å². The molecule has 0 amide bonds. The van der Waals surface area contributed by atoms with Crippen LogP contribution in [0.1, 0.15) is 311 Å². The van der Waals surface area contributed by atoms with Gasteiger partial charge in [-0.25, -0.2) is 0 Å². The summed E-state index contributed by atoms with van der Waals surface area (Å²) in [5.74, 6) is -2.85. The Morgan fingerprint density at radius 3 is 1.30 bits per heavy atom. The van der Waals surface area contributed by atoms with Crippen molar-refractivity contribution in [1.82, 2.24) is 29.9 Å². The van der Waals surface area contributed by atoms with E-state index in [1.165, 1.54) is 36.8 Å². The first-order valence-corrected chi connectivity index (χ1v) is 51.2. The molecule has 21 nitrogen and oxygen atoms in total. The third-order valence-electron chi connectivity index (χ3n) is 28.9. The summed E-state index contributed by atoms with van der Waals surface area (Å²) in [5, 5.41) is 67.1. The number of ether oxygens (including phenoxy) is 6. The lowest BCUT2D eigenvalue weighted by Gasteiger charge is -2.30. The molecule has 0 saturated carbocycles. The van der Waals surface area contributed by atoms with E-state index in [4.69, 9.17) is 28.4 Å². The molecule has 12 heterocycles. The van der Waals surface area contributed by atoms with E-state index in [2.05, 4.69) is 125 Å². The van der Waals surface area contributed by atoms with Gasteiger partial charge in [0.1, 0.15) is 41.5 Å². The molecular weight excluding hydrogens is 1750 g/mol. The van der Waals surface area contributed by atoms with Gasteiger partial charge < -0.3 is 64.0 Å². The van der Waals surface area contributed by atoms with E-state index >= 15 is 0 Å². The van der Waals surface area contributed by atoms with Gasteiger partial charge in [0, 0.05) is 132 Å². The Morgan fingerprint density at radius 1 is 0.364 bits per heavy atom. The van der Waals surface area contributed by atoms with Gasteiger partial charge in [-0.2, -0.15) is 0 Å². The third kappa shape index (κ3) is 24.3. The van der Waals surface area contributed by atoms with E-state index in [-0.39, 0.29) is 73.1 Å². The Balaban J connectivity index is 0.000000127. The Kier molecular flexibility index (Phi) is 36.9. The van der Waals surface area contributed by atoms with Crippen LogP contribution < -0.4 is 4.90 Å². The van der Waals surface area contributed by atoms with Crippen LogP contribution in [0.3, 0.4) is 0 Å². The SMILES string of the molecule is CCCCC1COC(Cc2ccccn2)[C@@H](O)c2ccccc21.CCCCC1OC(O)(CC(=O)c2ccccn2)c2ccccc21.CCCCC1OC(O)(CCc2ccccn2)c2ccccc21.CCCCC1c2ccccc2C2(O)C(C(=O)c3ccccn3)COC12.CCCCC1c2ccccc2C2(O)C(Cc3ccccn3)COC12.CCCCN1COC(Cc2ccccn2)[C@@H](O)c2ccccc21. The molecule has 17 atom stereocenters. The number of hydrogen-bond donors (Lipinski definition) is 6. The summed E-state index contributed by atoms with van der Waals surface area (Å²) in [6, 6.07) is 82.3. The molecule has 21 heteroatoms. The maximum absolute atomic E-state index is 13.0. The van der Waals surface area contributed by atoms with Gasteiger partial charge in [-0.3, -0.25) is 39.5 Å². The number of aryl methyl sites for hydroxylation is 1. The topological polar surface area (TPSA) is 291 Å². The number of nitrogens with zero attached hydrogens (tertiary/aromatic N) is 7. The number of carbonyl (C=O) groups excluding carboxylic acids is 2. The number of Topliss-reactive ketones (excluding diaryl/α,β-unsaturated/α-hetero) is 2. The highest BCUT2D eigenvalue weighted by Crippen LogP contribution is 2.58. The molecule has 6 N–H and O–H groups in total. The van der Waals surface area contributed by atoms with Crippen LogP contribution in [0.5, 0.6) is 0 Å². The normalized spacial score (nSPS) is 25.5. The number of benzene rings is 6. The van der Waals surface area contributed by atoms with E-state index in [1.54, 1.807) is 67.4 Å². The Hall–Kier alpha value is -11.1. The number of pyridine rings is 6. The minimum Gasteiger partial charge on any atom is -0.386 e. The zero-order valence-corrected chi connectivity index (χ0v) is 82.1. The minimum absolute atomic E-state index is 0.00452. The van der Waals surface area contributed by atoms with Gasteiger partial charge >= 0.3 is 0 Å². The van der Waals surface area contributed by atoms with Crippen molar-refractivity contribution in [2.24, 2.45) is 11.8 Å². The number of rotatable bonds is 32. The summed E-state index contributed by atoms with van der Waals surface area (Å²) >= 11 is 0. The van der Waals surface area contributed by atoms with Gasteiger partial charge in [0.2, 0.25) is 5.79 Å². The summed E-state index contributed by atoms with van der Waals surface area (Å²) in [4.78, 5) is 53.4. The molecule has 8 aliphatic rings. The maximum Gasteiger partial charge on any atom is 0.200 e. The van der Waals surface area contributed by atoms with Gasteiger partial charge in [0.25, 0.3) is 0 Å². The van der Waals surface area contributed by atoms with E-state index in [1.807, 2.05) is 176 Å². The summed E-state index contributed by atoms with van der Waals surface area (Å²) in [5.41, 5.74) is 14.9. The number of unbranched alkanes of at least 4 members (excludes halogenated alkanes) is 6. The summed E-state index contributed by atoms with van der Waals surface area (Å²) in [6.07, 6.45) is 29.5. The number of aliphatic hydroxyl groups is 6. The fourth-order valence-corrected chi connectivity index (χ4v) is 21.6. The largest absolute Gasteiger partial charge is 0.386 e. The number of para-hydroxylation sites is 1. The number of aliphatic hydroxyl groups excluding tert-OH is 2. The Labute approximate surface area is 826 Å². The monoisotopic (exact) mass is 1890 g/mol. The zero-order valence-electron chi connectivity index (χ0n) is 82.1. The van der Waals surface area contributed by atoms with E-state index in [0.717, 1.165) is 169 Å². The number of fused-ring (bicyclic) bond motifs is 10. The van der Waals surface area contributed by atoms with Gasteiger partial charge in [0.15, 0.2) is 17.4 Å². The lowest BCUT2D eigenvalue weighted by molar-refractivity contribution is -0.228. The standard InChI is InChI=1S/C21H23NO3.C21H25NO2.C20H25NO2.C19H24N2O2.C19H21NO3.C19H23NO2/c1-2-3-8-15-14-9-4-5-10-16(14)21(24)17(13-25-20(15)21)19(23)18-11-6-7-12-22-18;1-2-3-9-18-17-10-4-5-11-19(17)21(23)15(14-24-20(18)21)13-16-8-6-7-12-22-16;1-2-3-8-15-14-23-19(13-16-9-6-7-12-21-16)20(22)18-11-5-4-10-17(15)18;1-2-3-12-21-14-23-18(13-15-8-6-7-11-20-15)19(22)16-9-4-5-10-17(16)21;1-2-3-11-18-14-8-4-5-9-15(14)19(22,23-18)13-17(21)16-10-6-7-12-20-16;1-2-3-11-18-16-9-4-5-10-17(16)19(21,22-18)13-12-15-8-6-7-14-20-15/h4-7,9-12,15,17,20,24H,2-3,8,13H2,1H3;4-8,10-12,15,18,20,23H,2-3,9,13-14H2,1H3;4-7,9-12,15,19-20,22H,2-3,8,13-14H2,1H3;4-11,18-19,22H,2-3,12-14H2,1H3;4-10,12,18,22H,2-3,11,13H2,1H3;4-10,14,18,21H,2-3,11-13H2,1H3/t;;15?,19?,20-;18?,19-;;/m..00../s1. The van der Waals surface area contributed by atoms with Crippen LogP contribution in [0.25, 0.3) is 0 Å². The van der Waals surface area contributed by atoms with Crippen molar-refractivity contribution < 1.29 is 68.6 Å². The smallest absolute Gasteiger partial charge is 0.200 e. The van der Waals surface area contributed by atoms with Crippen molar-refractivity contribution in [3.05, 3.63) is 387 Å². The maximum atomic E-state index is 13.0. The molecule has 2 saturated heterocycles. The molecule has 6 aliphatic heterocycles. The average molecular weight is 1890 g/mol. The van der Waals surface area contributed by atoms with Crippen LogP contribution in [0, 0.1) is 11.8 Å². The number of carbonyl (C=O) groups is 2. The predicted molar refractivity (Wildman–Crippen MR) is 544 cm³/mol. The Bertz CT molecular complexity index is 5730. The first-order chi connectivity index (χ1) is 68.4. The number of aromatic nitrogens is 6. The van der Waals surface area contributed by atoms with Crippen LogP contribution in [0.2, 0.25) is 0 Å². The Morgan fingerprint density at radius 2 is 0.771 bits per heavy atom. The van der Waals surface area contributed by atoms with Crippen molar-refractivity contribution >= 4 is 17.3 Å². The van der Waals surface area contributed by atoms with Crippen LogP contribution in [0.15, 0.2) is 292 Å². The number of hydrogen-bond acceptors (Lipinski definition) is 21. The van der Waals surface area contributed by atoms with E-state index < -0.39 is 40.9 Å². The second-order valence-corrected chi connectivity index (χ2v) is 38.4. The molecule has 0 radical (unpaired) electrons. The van der Waals surface area contributed by atoms with Gasteiger partial charge in [0.05, 0.1) is 68.8 Å². The number of ketones is 2. The number of anilines is 1. The molecular formula is C119H141N7O14. The molecule has 2 fully saturated rings. The fraction of sp³-hybridized carbons (Fsp3) is 0.429. The molecule has 15 unspecified atom stereocenters. The van der Waals surface area contributed by atoms with Gasteiger partial charge in [-0.15, -0.1) is 0 Å². The van der Waals surface area contributed by atoms with Crippen LogP contribution in [-0.2, 0) is 76.9 Å². The molecule has 140 heavy (non-hydrogen) atoms. The highest BCUT2D eigenvalue weighted by molar-refractivity contribution is 5.97. The molecule has 736 valence electrons. The molecule has 20 rings (SSSR count). The van der Waals surface area contributed by atoms with Crippen molar-refractivity contribution in [1.29, 1.82) is 0 Å².